The van der Waals surface area contributed by atoms with Gasteiger partial charge in [-0.3, -0.25) is 0 Å². The number of ether oxygens (including phenoxy) is 1. The monoisotopic (exact) mass is 300 g/mol. The van der Waals surface area contributed by atoms with E-state index in [1.165, 1.54) is 24.3 Å². The second-order valence-electron chi connectivity index (χ2n) is 4.62. The molecule has 0 unspecified atom stereocenters. The van der Waals surface area contributed by atoms with Gasteiger partial charge in [0, 0.05) is 5.69 Å². The largest absolute Gasteiger partial charge is 0.478 e. The summed E-state index contributed by atoms with van der Waals surface area (Å²) >= 11 is 0. The maximum Gasteiger partial charge on any atom is 0.335 e. The minimum Gasteiger partial charge on any atom is -0.478 e. The Morgan fingerprint density at radius 3 is 2.27 bits per heavy atom. The Kier molecular flexibility index (Phi) is 4.98. The van der Waals surface area contributed by atoms with Crippen molar-refractivity contribution in [1.82, 2.24) is 5.32 Å². The van der Waals surface area contributed by atoms with Gasteiger partial charge in [-0.2, -0.15) is 0 Å². The number of rotatable bonds is 5. The predicted octanol–water partition coefficient (Wildman–Crippen LogP) is 2.85. The van der Waals surface area contributed by atoms with Crippen LogP contribution in [0.1, 0.15) is 15.9 Å². The average molecular weight is 300 g/mol. The van der Waals surface area contributed by atoms with Crippen molar-refractivity contribution in [2.45, 2.75) is 6.92 Å². The van der Waals surface area contributed by atoms with Gasteiger partial charge in [-0.15, -0.1) is 0 Å². The van der Waals surface area contributed by atoms with Gasteiger partial charge in [0.25, 0.3) is 0 Å². The summed E-state index contributed by atoms with van der Waals surface area (Å²) in [6.45, 7) is 2.01. The fourth-order valence-corrected chi connectivity index (χ4v) is 1.69. The van der Waals surface area contributed by atoms with E-state index in [-0.39, 0.29) is 12.3 Å². The molecule has 0 aromatic heterocycles. The third-order valence-corrected chi connectivity index (χ3v) is 2.88. The van der Waals surface area contributed by atoms with Crippen molar-refractivity contribution >= 4 is 17.7 Å². The van der Waals surface area contributed by atoms with Gasteiger partial charge < -0.3 is 20.5 Å². The summed E-state index contributed by atoms with van der Waals surface area (Å²) < 4.78 is 5.37. The van der Waals surface area contributed by atoms with E-state index in [1.807, 2.05) is 31.2 Å². The van der Waals surface area contributed by atoms with Crippen LogP contribution in [0.25, 0.3) is 0 Å². The molecule has 0 radical (unpaired) electrons. The molecule has 22 heavy (non-hydrogen) atoms. The van der Waals surface area contributed by atoms with E-state index >= 15 is 0 Å². The molecule has 6 nitrogen and oxygen atoms in total. The van der Waals surface area contributed by atoms with Crippen LogP contribution in [0, 0.1) is 6.92 Å². The van der Waals surface area contributed by atoms with E-state index in [0.717, 1.165) is 5.56 Å². The molecule has 2 rings (SSSR count). The summed E-state index contributed by atoms with van der Waals surface area (Å²) in [7, 11) is 0. The van der Waals surface area contributed by atoms with E-state index < -0.39 is 12.0 Å². The van der Waals surface area contributed by atoms with Gasteiger partial charge in [0.1, 0.15) is 5.75 Å². The summed E-state index contributed by atoms with van der Waals surface area (Å²) in [5, 5.41) is 13.9. The van der Waals surface area contributed by atoms with Crippen LogP contribution in [0.5, 0.6) is 5.75 Å². The molecule has 0 aliphatic carbocycles. The first-order valence-electron chi connectivity index (χ1n) is 6.62. The highest BCUT2D eigenvalue weighted by Gasteiger charge is 2.04. The number of hydrogen-bond acceptors (Lipinski definition) is 3. The number of amides is 2. The number of carboxylic acids is 1. The molecular weight excluding hydrogens is 284 g/mol. The summed E-state index contributed by atoms with van der Waals surface area (Å²) in [6.07, 6.45) is 0. The molecule has 0 aliphatic heterocycles. The molecule has 0 saturated heterocycles. The Labute approximate surface area is 127 Å². The number of aryl methyl sites for hydroxylation is 1. The van der Waals surface area contributed by atoms with Crippen LogP contribution in [-0.4, -0.2) is 23.8 Å². The first kappa shape index (κ1) is 15.4. The lowest BCUT2D eigenvalue weighted by molar-refractivity contribution is 0.0697. The number of benzene rings is 2. The van der Waals surface area contributed by atoms with Crippen molar-refractivity contribution < 1.29 is 19.4 Å². The molecule has 2 amide bonds. The molecule has 0 heterocycles. The van der Waals surface area contributed by atoms with Gasteiger partial charge >= 0.3 is 12.0 Å². The molecule has 0 fully saturated rings. The Balaban J connectivity index is 1.77. The average Bonchev–Trinajstić information content (AvgIpc) is 2.50. The Morgan fingerprint density at radius 1 is 1.05 bits per heavy atom. The maximum atomic E-state index is 11.7. The smallest absolute Gasteiger partial charge is 0.335 e. The van der Waals surface area contributed by atoms with E-state index in [2.05, 4.69) is 10.6 Å². The van der Waals surface area contributed by atoms with Gasteiger partial charge in [0.05, 0.1) is 5.56 Å². The van der Waals surface area contributed by atoms with Crippen LogP contribution < -0.4 is 15.4 Å². The number of aromatic carboxylic acids is 1. The lowest BCUT2D eigenvalue weighted by Crippen LogP contribution is -2.32. The highest BCUT2D eigenvalue weighted by Crippen LogP contribution is 2.11. The Bertz CT molecular complexity index is 651. The maximum absolute atomic E-state index is 11.7. The Morgan fingerprint density at radius 2 is 1.68 bits per heavy atom. The summed E-state index contributed by atoms with van der Waals surface area (Å²) in [6, 6.07) is 12.9. The third-order valence-electron chi connectivity index (χ3n) is 2.88. The second-order valence-corrected chi connectivity index (χ2v) is 4.62. The van der Waals surface area contributed by atoms with Crippen LogP contribution in [0.15, 0.2) is 48.5 Å². The number of urea groups is 1. The number of carbonyl (C=O) groups is 2. The molecule has 0 atom stereocenters. The lowest BCUT2D eigenvalue weighted by Gasteiger charge is -2.09. The van der Waals surface area contributed by atoms with E-state index in [4.69, 9.17) is 9.84 Å². The first-order valence-corrected chi connectivity index (χ1v) is 6.62. The normalized spacial score (nSPS) is 9.86. The van der Waals surface area contributed by atoms with Gasteiger partial charge in [-0.1, -0.05) is 17.7 Å². The summed E-state index contributed by atoms with van der Waals surface area (Å²) in [5.41, 5.74) is 1.79. The zero-order valence-corrected chi connectivity index (χ0v) is 12.0. The molecule has 6 heteroatoms. The van der Waals surface area contributed by atoms with E-state index in [9.17, 15) is 9.59 Å². The van der Waals surface area contributed by atoms with Crippen molar-refractivity contribution in [3.05, 3.63) is 59.7 Å². The van der Waals surface area contributed by atoms with E-state index in [1.54, 1.807) is 0 Å². The van der Waals surface area contributed by atoms with Gasteiger partial charge in [0.15, 0.2) is 6.73 Å². The van der Waals surface area contributed by atoms with Gasteiger partial charge in [-0.05, 0) is 43.3 Å². The van der Waals surface area contributed by atoms with Crippen molar-refractivity contribution in [3.8, 4) is 5.75 Å². The highest BCUT2D eigenvalue weighted by molar-refractivity contribution is 5.91. The highest BCUT2D eigenvalue weighted by atomic mass is 16.5. The van der Waals surface area contributed by atoms with Crippen LogP contribution in [0.4, 0.5) is 10.5 Å². The second kappa shape index (κ2) is 7.12. The zero-order chi connectivity index (χ0) is 15.9. The third kappa shape index (κ3) is 4.52. The molecular formula is C16H16N2O4. The van der Waals surface area contributed by atoms with Crippen LogP contribution in [0.2, 0.25) is 0 Å². The SMILES string of the molecule is Cc1ccc(OCNC(=O)Nc2ccc(C(=O)O)cc2)cc1. The predicted molar refractivity (Wildman–Crippen MR) is 82.2 cm³/mol. The van der Waals surface area contributed by atoms with Crippen LogP contribution in [0.3, 0.4) is 0 Å². The number of anilines is 1. The topological polar surface area (TPSA) is 87.7 Å². The van der Waals surface area contributed by atoms with Crippen molar-refractivity contribution in [2.75, 3.05) is 12.0 Å². The minimum atomic E-state index is -1.01. The molecule has 2 aromatic carbocycles. The fourth-order valence-electron chi connectivity index (χ4n) is 1.69. The molecule has 2 aromatic rings. The molecule has 0 saturated carbocycles. The molecule has 114 valence electrons. The quantitative estimate of drug-likeness (QED) is 0.741. The molecule has 0 bridgehead atoms. The van der Waals surface area contributed by atoms with Crippen LogP contribution >= 0.6 is 0 Å². The summed E-state index contributed by atoms with van der Waals surface area (Å²) in [5.74, 6) is -0.348. The van der Waals surface area contributed by atoms with E-state index in [0.29, 0.717) is 11.4 Å². The van der Waals surface area contributed by atoms with Crippen molar-refractivity contribution in [3.63, 3.8) is 0 Å². The van der Waals surface area contributed by atoms with Gasteiger partial charge in [0.2, 0.25) is 0 Å². The number of nitrogens with one attached hydrogen (secondary N) is 2. The number of carbonyl (C=O) groups excluding carboxylic acids is 1. The number of carboxylic acid groups (broad SMARTS) is 1. The standard InChI is InChI=1S/C16H16N2O4/c1-11-2-8-14(9-3-11)22-10-17-16(21)18-13-6-4-12(5-7-13)15(19)20/h2-9H,10H2,1H3,(H,19,20)(H2,17,18,21). The fraction of sp³-hybridized carbons (Fsp3) is 0.125. The molecule has 3 N–H and O–H groups in total. The lowest BCUT2D eigenvalue weighted by atomic mass is 10.2. The van der Waals surface area contributed by atoms with Crippen molar-refractivity contribution in [2.24, 2.45) is 0 Å². The minimum absolute atomic E-state index is 0.0299. The number of hydrogen-bond donors (Lipinski definition) is 3. The zero-order valence-electron chi connectivity index (χ0n) is 12.0. The van der Waals surface area contributed by atoms with Gasteiger partial charge in [-0.25, -0.2) is 9.59 Å². The van der Waals surface area contributed by atoms with Crippen LogP contribution in [-0.2, 0) is 0 Å². The summed E-state index contributed by atoms with van der Waals surface area (Å²) in [4.78, 5) is 22.4. The first-order chi connectivity index (χ1) is 10.5. The van der Waals surface area contributed by atoms with Crippen molar-refractivity contribution in [1.29, 1.82) is 0 Å². The molecule has 0 spiro atoms. The molecule has 0 aliphatic rings. The Hall–Kier alpha value is -3.02.